The first-order chi connectivity index (χ1) is 40.7. The molecule has 0 bridgehead atoms. The molecule has 84 heavy (non-hydrogen) atoms. The Morgan fingerprint density at radius 3 is 0.702 bits per heavy atom. The highest BCUT2D eigenvalue weighted by Crippen LogP contribution is 2.45. The van der Waals surface area contributed by atoms with Crippen LogP contribution in [-0.2, 0) is 65.4 Å². The van der Waals surface area contributed by atoms with E-state index in [1.165, 1.54) is 167 Å². The fourth-order valence-corrected chi connectivity index (χ4v) is 11.4. The van der Waals surface area contributed by atoms with Crippen molar-refractivity contribution < 1.29 is 80.2 Å². The topological polar surface area (TPSA) is 237 Å². The monoisotopic (exact) mass is 1240 g/mol. The fraction of sp³-hybridized carbons (Fsp3) is 0.938. The Hall–Kier alpha value is -1.94. The van der Waals surface area contributed by atoms with Crippen LogP contribution in [0.25, 0.3) is 0 Å². The van der Waals surface area contributed by atoms with Gasteiger partial charge in [0.25, 0.3) is 0 Å². The van der Waals surface area contributed by atoms with Crippen LogP contribution in [-0.4, -0.2) is 96.7 Å². The first-order valence-corrected chi connectivity index (χ1v) is 37.3. The van der Waals surface area contributed by atoms with E-state index in [9.17, 15) is 43.2 Å². The van der Waals surface area contributed by atoms with Crippen molar-refractivity contribution in [2.24, 2.45) is 0 Å². The first-order valence-electron chi connectivity index (χ1n) is 34.3. The molecule has 3 N–H and O–H groups in total. The summed E-state index contributed by atoms with van der Waals surface area (Å²) in [6.07, 6.45) is 45.6. The van der Waals surface area contributed by atoms with Crippen molar-refractivity contribution >= 4 is 39.5 Å². The van der Waals surface area contributed by atoms with Crippen LogP contribution in [0.2, 0.25) is 0 Å². The molecule has 0 radical (unpaired) electrons. The zero-order chi connectivity index (χ0) is 61.9. The molecule has 5 atom stereocenters. The molecule has 0 fully saturated rings. The van der Waals surface area contributed by atoms with E-state index in [1.54, 1.807) is 0 Å². The van der Waals surface area contributed by atoms with E-state index < -0.39 is 97.5 Å². The molecule has 0 aromatic carbocycles. The average molecular weight is 1240 g/mol. The normalized spacial score (nSPS) is 14.1. The molecule has 0 aliphatic heterocycles. The van der Waals surface area contributed by atoms with Crippen molar-refractivity contribution in [1.29, 1.82) is 0 Å². The lowest BCUT2D eigenvalue weighted by atomic mass is 10.0. The molecule has 0 saturated carbocycles. The van der Waals surface area contributed by atoms with Gasteiger partial charge >= 0.3 is 39.5 Å². The van der Waals surface area contributed by atoms with E-state index in [0.29, 0.717) is 25.7 Å². The quantitative estimate of drug-likeness (QED) is 0.0222. The number of ether oxygens (including phenoxy) is 4. The minimum atomic E-state index is -4.94. The largest absolute Gasteiger partial charge is 0.472 e. The molecular formula is C65H126O17P2. The van der Waals surface area contributed by atoms with Crippen LogP contribution >= 0.6 is 15.6 Å². The summed E-state index contributed by atoms with van der Waals surface area (Å²) in [4.78, 5) is 72.2. The van der Waals surface area contributed by atoms with Crippen LogP contribution in [0.3, 0.4) is 0 Å². The highest BCUT2D eigenvalue weighted by atomic mass is 31.2. The molecule has 19 heteroatoms. The third kappa shape index (κ3) is 59.0. The van der Waals surface area contributed by atoms with Crippen molar-refractivity contribution in [1.82, 2.24) is 0 Å². The number of phosphoric acid groups is 2. The van der Waals surface area contributed by atoms with Crippen LogP contribution in [0.4, 0.5) is 0 Å². The first kappa shape index (κ1) is 82.1. The molecule has 0 aliphatic carbocycles. The van der Waals surface area contributed by atoms with Gasteiger partial charge in [0.15, 0.2) is 12.2 Å². The maximum absolute atomic E-state index is 13.0. The Balaban J connectivity index is 5.23. The second-order valence-electron chi connectivity index (χ2n) is 23.5. The summed E-state index contributed by atoms with van der Waals surface area (Å²) in [6, 6.07) is 0. The summed E-state index contributed by atoms with van der Waals surface area (Å²) in [7, 11) is -9.88. The van der Waals surface area contributed by atoms with E-state index in [2.05, 4.69) is 27.7 Å². The second-order valence-corrected chi connectivity index (χ2v) is 26.4. The number of carbonyl (C=O) groups excluding carboxylic acids is 4. The lowest BCUT2D eigenvalue weighted by Crippen LogP contribution is -2.30. The molecule has 0 heterocycles. The lowest BCUT2D eigenvalue weighted by molar-refractivity contribution is -0.161. The van der Waals surface area contributed by atoms with Gasteiger partial charge in [-0.25, -0.2) is 9.13 Å². The number of esters is 4. The minimum absolute atomic E-state index is 0.107. The van der Waals surface area contributed by atoms with Gasteiger partial charge in [-0.2, -0.15) is 0 Å². The number of rotatable bonds is 66. The Labute approximate surface area is 511 Å². The Morgan fingerprint density at radius 2 is 0.476 bits per heavy atom. The SMILES string of the molecule is CCCCCCCCCCCCCCCC(=O)O[C@H](COC(=O)CCCCCCCCCCCCC)COP(=O)(O)OC[C@@H](O)COP(=O)(O)OC[C@@H](COC(=O)CCCCCCCCCCCC)OC(=O)CCCCCCCCCCCC. The van der Waals surface area contributed by atoms with Crippen molar-refractivity contribution in [2.45, 2.75) is 354 Å². The average Bonchev–Trinajstić information content (AvgIpc) is 3.56. The number of carbonyl (C=O) groups is 4. The van der Waals surface area contributed by atoms with Crippen LogP contribution in [0.15, 0.2) is 0 Å². The number of hydrogen-bond acceptors (Lipinski definition) is 15. The molecule has 0 spiro atoms. The third-order valence-electron chi connectivity index (χ3n) is 15.1. The van der Waals surface area contributed by atoms with Gasteiger partial charge in [0, 0.05) is 25.7 Å². The van der Waals surface area contributed by atoms with Crippen LogP contribution in [0, 0.1) is 0 Å². The smallest absolute Gasteiger partial charge is 0.462 e. The second kappa shape index (κ2) is 60.0. The Bertz CT molecular complexity index is 1620. The van der Waals surface area contributed by atoms with Crippen molar-refractivity contribution in [3.63, 3.8) is 0 Å². The predicted octanol–water partition coefficient (Wildman–Crippen LogP) is 18.3. The Kier molecular flexibility index (Phi) is 58.6. The van der Waals surface area contributed by atoms with Gasteiger partial charge in [0.2, 0.25) is 0 Å². The van der Waals surface area contributed by atoms with E-state index >= 15 is 0 Å². The van der Waals surface area contributed by atoms with Crippen LogP contribution < -0.4 is 0 Å². The summed E-state index contributed by atoms with van der Waals surface area (Å²) in [5.74, 6) is -2.13. The number of hydrogen-bond donors (Lipinski definition) is 3. The molecule has 0 rings (SSSR count). The minimum Gasteiger partial charge on any atom is -0.462 e. The summed E-state index contributed by atoms with van der Waals surface area (Å²) in [5.41, 5.74) is 0. The lowest BCUT2D eigenvalue weighted by Gasteiger charge is -2.21. The van der Waals surface area contributed by atoms with Gasteiger partial charge in [-0.15, -0.1) is 0 Å². The molecule has 0 aromatic rings. The third-order valence-corrected chi connectivity index (χ3v) is 17.0. The van der Waals surface area contributed by atoms with E-state index in [-0.39, 0.29) is 25.7 Å². The molecule has 0 saturated heterocycles. The van der Waals surface area contributed by atoms with Crippen molar-refractivity contribution in [3.05, 3.63) is 0 Å². The van der Waals surface area contributed by atoms with Crippen molar-refractivity contribution in [2.75, 3.05) is 39.6 Å². The zero-order valence-corrected chi connectivity index (χ0v) is 55.7. The summed E-state index contributed by atoms with van der Waals surface area (Å²) >= 11 is 0. The van der Waals surface area contributed by atoms with E-state index in [0.717, 1.165) is 89.9 Å². The molecule has 2 unspecified atom stereocenters. The molecule has 0 aliphatic rings. The highest BCUT2D eigenvalue weighted by Gasteiger charge is 2.30. The number of aliphatic hydroxyl groups is 1. The molecular weight excluding hydrogens is 1110 g/mol. The molecule has 0 amide bonds. The molecule has 0 aromatic heterocycles. The highest BCUT2D eigenvalue weighted by molar-refractivity contribution is 7.47. The maximum atomic E-state index is 13.0. The van der Waals surface area contributed by atoms with Gasteiger partial charge in [-0.05, 0) is 25.7 Å². The van der Waals surface area contributed by atoms with Gasteiger partial charge in [0.05, 0.1) is 26.4 Å². The molecule has 498 valence electrons. The maximum Gasteiger partial charge on any atom is 0.472 e. The number of aliphatic hydroxyl groups excluding tert-OH is 1. The van der Waals surface area contributed by atoms with Gasteiger partial charge in [-0.3, -0.25) is 37.3 Å². The van der Waals surface area contributed by atoms with Crippen LogP contribution in [0.5, 0.6) is 0 Å². The number of unbranched alkanes of at least 4 members (excludes halogenated alkanes) is 40. The predicted molar refractivity (Wildman–Crippen MR) is 335 cm³/mol. The van der Waals surface area contributed by atoms with E-state index in [4.69, 9.17) is 37.0 Å². The van der Waals surface area contributed by atoms with Crippen molar-refractivity contribution in [3.8, 4) is 0 Å². The summed E-state index contributed by atoms with van der Waals surface area (Å²) in [5, 5.41) is 10.5. The summed E-state index contributed by atoms with van der Waals surface area (Å²) < 4.78 is 68.0. The summed E-state index contributed by atoms with van der Waals surface area (Å²) in [6.45, 7) is 4.89. The van der Waals surface area contributed by atoms with Gasteiger partial charge < -0.3 is 33.8 Å². The number of phosphoric ester groups is 2. The van der Waals surface area contributed by atoms with Gasteiger partial charge in [-0.1, -0.05) is 285 Å². The van der Waals surface area contributed by atoms with E-state index in [1.807, 2.05) is 0 Å². The van der Waals surface area contributed by atoms with Gasteiger partial charge in [0.1, 0.15) is 19.3 Å². The molecule has 17 nitrogen and oxygen atoms in total. The van der Waals surface area contributed by atoms with Crippen LogP contribution in [0.1, 0.15) is 336 Å². The standard InChI is InChI=1S/C65H126O17P2/c1-5-9-13-17-21-25-29-30-32-36-40-44-48-52-65(70)82-61(56-76-63(68)50-46-42-38-35-31-26-22-18-14-10-6-2)58-80-84(73,74)78-54-59(66)53-77-83(71,72)79-57-60(81-64(69)51-47-43-39-34-28-24-20-16-12-8-4)55-75-62(67)49-45-41-37-33-27-23-19-15-11-7-3/h59-61,66H,5-58H2,1-4H3,(H,71,72)(H,73,74)/t59-,60+,61+/m0/s1. The zero-order valence-electron chi connectivity index (χ0n) is 53.9. The Morgan fingerprint density at radius 1 is 0.286 bits per heavy atom. The fourth-order valence-electron chi connectivity index (χ4n) is 9.81.